The van der Waals surface area contributed by atoms with Crippen LogP contribution in [0, 0.1) is 0 Å². The highest BCUT2D eigenvalue weighted by Gasteiger charge is 2.31. The number of hydrogen-bond donors (Lipinski definition) is 2. The highest BCUT2D eigenvalue weighted by Crippen LogP contribution is 2.27. The maximum Gasteiger partial charge on any atom is 0.150 e. The average molecular weight is 321 g/mol. The van der Waals surface area contributed by atoms with Gasteiger partial charge in [-0.1, -0.05) is 11.6 Å². The molecule has 1 rings (SSSR count). The number of ether oxygens (including phenoxy) is 1. The SMILES string of the molecule is COCCN(CCC(N)=NO)C1CCCC(S(C)(=O)=O)C1. The second-order valence-corrected chi connectivity index (χ2v) is 7.97. The minimum atomic E-state index is -3.00. The largest absolute Gasteiger partial charge is 0.409 e. The zero-order valence-electron chi connectivity index (χ0n) is 12.9. The highest BCUT2D eigenvalue weighted by atomic mass is 32.2. The standard InChI is InChI=1S/C13H27N3O4S/c1-20-9-8-16(7-6-13(14)15-17)11-4-3-5-12(10-11)21(2,18)19/h11-12,17H,3-10H2,1-2H3,(H2,14,15). The maximum atomic E-state index is 11.8. The van der Waals surface area contributed by atoms with Crippen LogP contribution < -0.4 is 5.73 Å². The monoisotopic (exact) mass is 321 g/mol. The van der Waals surface area contributed by atoms with Gasteiger partial charge in [0.15, 0.2) is 0 Å². The molecule has 0 heterocycles. The lowest BCUT2D eigenvalue weighted by atomic mass is 9.93. The number of hydrogen-bond acceptors (Lipinski definition) is 6. The van der Waals surface area contributed by atoms with Crippen LogP contribution in [0.1, 0.15) is 32.1 Å². The number of oxime groups is 1. The summed E-state index contributed by atoms with van der Waals surface area (Å²) in [5.74, 6) is 0.188. The minimum absolute atomic E-state index is 0.188. The van der Waals surface area contributed by atoms with Gasteiger partial charge in [-0.2, -0.15) is 0 Å². The Kier molecular flexibility index (Phi) is 7.41. The van der Waals surface area contributed by atoms with Gasteiger partial charge in [-0.25, -0.2) is 8.42 Å². The van der Waals surface area contributed by atoms with Gasteiger partial charge in [-0.05, 0) is 19.3 Å². The third-order valence-electron chi connectivity index (χ3n) is 4.09. The number of nitrogens with two attached hydrogens (primary N) is 1. The van der Waals surface area contributed by atoms with Crippen LogP contribution in [0.3, 0.4) is 0 Å². The van der Waals surface area contributed by atoms with Crippen LogP contribution in [0.2, 0.25) is 0 Å². The van der Waals surface area contributed by atoms with Crippen LogP contribution >= 0.6 is 0 Å². The third kappa shape index (κ3) is 6.19. The molecule has 1 aliphatic rings. The number of nitrogens with zero attached hydrogens (tertiary/aromatic N) is 2. The molecule has 2 atom stereocenters. The van der Waals surface area contributed by atoms with Gasteiger partial charge >= 0.3 is 0 Å². The molecule has 21 heavy (non-hydrogen) atoms. The molecule has 1 fully saturated rings. The van der Waals surface area contributed by atoms with Crippen molar-refractivity contribution in [3.8, 4) is 0 Å². The van der Waals surface area contributed by atoms with Gasteiger partial charge in [-0.15, -0.1) is 0 Å². The molecule has 0 aromatic rings. The number of amidine groups is 1. The lowest BCUT2D eigenvalue weighted by molar-refractivity contribution is 0.105. The summed E-state index contributed by atoms with van der Waals surface area (Å²) in [4.78, 5) is 2.19. The second kappa shape index (κ2) is 8.55. The molecule has 1 saturated carbocycles. The van der Waals surface area contributed by atoms with Gasteiger partial charge in [0.2, 0.25) is 0 Å². The van der Waals surface area contributed by atoms with E-state index in [1.807, 2.05) is 0 Å². The minimum Gasteiger partial charge on any atom is -0.409 e. The fourth-order valence-corrected chi connectivity index (χ4v) is 4.00. The number of sulfone groups is 1. The van der Waals surface area contributed by atoms with Crippen LogP contribution in [0.4, 0.5) is 0 Å². The Labute approximate surface area is 127 Å². The van der Waals surface area contributed by atoms with Crippen molar-refractivity contribution in [1.82, 2.24) is 4.90 Å². The first-order valence-corrected chi connectivity index (χ1v) is 9.22. The Balaban J connectivity index is 2.67. The Hall–Kier alpha value is -0.860. The summed E-state index contributed by atoms with van der Waals surface area (Å²) in [5, 5.41) is 11.3. The molecule has 124 valence electrons. The topological polar surface area (TPSA) is 105 Å². The van der Waals surface area contributed by atoms with E-state index >= 15 is 0 Å². The maximum absolute atomic E-state index is 11.8. The summed E-state index contributed by atoms with van der Waals surface area (Å²) >= 11 is 0. The molecule has 0 aromatic carbocycles. The molecule has 8 heteroatoms. The van der Waals surface area contributed by atoms with Crippen molar-refractivity contribution in [1.29, 1.82) is 0 Å². The van der Waals surface area contributed by atoms with Crippen LogP contribution in [-0.2, 0) is 14.6 Å². The third-order valence-corrected chi connectivity index (χ3v) is 5.73. The van der Waals surface area contributed by atoms with Gasteiger partial charge in [0.25, 0.3) is 0 Å². The molecule has 2 unspecified atom stereocenters. The lowest BCUT2D eigenvalue weighted by Gasteiger charge is -2.37. The van der Waals surface area contributed by atoms with Gasteiger partial charge in [0.1, 0.15) is 15.7 Å². The molecule has 0 bridgehead atoms. The lowest BCUT2D eigenvalue weighted by Crippen LogP contribution is -2.44. The predicted octanol–water partition coefficient (Wildman–Crippen LogP) is 0.427. The van der Waals surface area contributed by atoms with Crippen molar-refractivity contribution in [3.63, 3.8) is 0 Å². The van der Waals surface area contributed by atoms with Crippen LogP contribution in [0.5, 0.6) is 0 Å². The van der Waals surface area contributed by atoms with E-state index in [0.29, 0.717) is 26.0 Å². The molecule has 0 aliphatic heterocycles. The molecule has 0 spiro atoms. The van der Waals surface area contributed by atoms with E-state index in [1.165, 1.54) is 6.26 Å². The predicted molar refractivity (Wildman–Crippen MR) is 82.4 cm³/mol. The van der Waals surface area contributed by atoms with Crippen molar-refractivity contribution >= 4 is 15.7 Å². The van der Waals surface area contributed by atoms with Crippen molar-refractivity contribution in [2.24, 2.45) is 10.9 Å². The van der Waals surface area contributed by atoms with E-state index in [0.717, 1.165) is 25.8 Å². The van der Waals surface area contributed by atoms with Gasteiger partial charge < -0.3 is 15.7 Å². The second-order valence-electron chi connectivity index (χ2n) is 5.64. The van der Waals surface area contributed by atoms with Crippen LogP contribution in [0.15, 0.2) is 5.16 Å². The zero-order valence-corrected chi connectivity index (χ0v) is 13.7. The summed E-state index contributed by atoms with van der Waals surface area (Å²) in [5.41, 5.74) is 5.52. The Morgan fingerprint density at radius 1 is 1.43 bits per heavy atom. The van der Waals surface area contributed by atoms with Crippen molar-refractivity contribution < 1.29 is 18.4 Å². The molecular formula is C13H27N3O4S. The number of rotatable bonds is 8. The van der Waals surface area contributed by atoms with E-state index in [-0.39, 0.29) is 17.1 Å². The summed E-state index contributed by atoms with van der Waals surface area (Å²) in [6.45, 7) is 1.94. The quantitative estimate of drug-likeness (QED) is 0.291. The summed E-state index contributed by atoms with van der Waals surface area (Å²) in [7, 11) is -1.35. The Morgan fingerprint density at radius 3 is 2.71 bits per heavy atom. The van der Waals surface area contributed by atoms with E-state index < -0.39 is 9.84 Å². The van der Waals surface area contributed by atoms with E-state index in [2.05, 4.69) is 10.1 Å². The molecular weight excluding hydrogens is 294 g/mol. The van der Waals surface area contributed by atoms with Gasteiger partial charge in [-0.3, -0.25) is 4.90 Å². The van der Waals surface area contributed by atoms with Crippen molar-refractivity contribution in [3.05, 3.63) is 0 Å². The fraction of sp³-hybridized carbons (Fsp3) is 0.923. The summed E-state index contributed by atoms with van der Waals surface area (Å²) in [6.07, 6.45) is 5.06. The molecule has 0 amide bonds. The van der Waals surface area contributed by atoms with Gasteiger partial charge in [0, 0.05) is 38.9 Å². The molecule has 0 saturated heterocycles. The molecule has 0 radical (unpaired) electrons. The molecule has 0 aromatic heterocycles. The molecule has 3 N–H and O–H groups in total. The first-order valence-electron chi connectivity index (χ1n) is 7.26. The summed E-state index contributed by atoms with van der Waals surface area (Å²) < 4.78 is 28.7. The van der Waals surface area contributed by atoms with Crippen LogP contribution in [-0.4, -0.2) is 68.7 Å². The fourth-order valence-electron chi connectivity index (χ4n) is 2.83. The van der Waals surface area contributed by atoms with Gasteiger partial charge in [0.05, 0.1) is 11.9 Å². The van der Waals surface area contributed by atoms with E-state index in [1.54, 1.807) is 7.11 Å². The normalized spacial score (nSPS) is 24.4. The van der Waals surface area contributed by atoms with Crippen LogP contribution in [0.25, 0.3) is 0 Å². The first kappa shape index (κ1) is 18.2. The zero-order chi connectivity index (χ0) is 15.9. The van der Waals surface area contributed by atoms with Crippen molar-refractivity contribution in [2.45, 2.75) is 43.4 Å². The smallest absolute Gasteiger partial charge is 0.150 e. The Bertz CT molecular complexity index is 439. The summed E-state index contributed by atoms with van der Waals surface area (Å²) in [6, 6.07) is 0.208. The first-order chi connectivity index (χ1) is 9.88. The highest BCUT2D eigenvalue weighted by molar-refractivity contribution is 7.91. The average Bonchev–Trinajstić information content (AvgIpc) is 2.46. The van der Waals surface area contributed by atoms with E-state index in [4.69, 9.17) is 15.7 Å². The van der Waals surface area contributed by atoms with Crippen molar-refractivity contribution in [2.75, 3.05) is 33.1 Å². The molecule has 1 aliphatic carbocycles. The molecule has 7 nitrogen and oxygen atoms in total. The number of methoxy groups -OCH3 is 1. The van der Waals surface area contributed by atoms with E-state index in [9.17, 15) is 8.42 Å². The Morgan fingerprint density at radius 2 is 2.14 bits per heavy atom.